The molecule has 1 atom stereocenters. The average molecular weight is 443 g/mol. The first-order chi connectivity index (χ1) is 14.7. The monoisotopic (exact) mass is 442 g/mol. The lowest BCUT2D eigenvalue weighted by Gasteiger charge is -2.36. The smallest absolute Gasteiger partial charge is 0.410 e. The molecule has 0 saturated carbocycles. The van der Waals surface area contributed by atoms with Gasteiger partial charge < -0.3 is 20.6 Å². The molecule has 0 bridgehead atoms. The lowest BCUT2D eigenvalue weighted by Crippen LogP contribution is -2.42. The maximum Gasteiger partial charge on any atom is 0.410 e. The number of amides is 2. The molecule has 164 valence electrons. The number of piperidine rings is 1. The number of nitrogen functional groups attached to an aromatic ring is 1. The quantitative estimate of drug-likeness (QED) is 0.606. The fourth-order valence-electron chi connectivity index (χ4n) is 3.92. The van der Waals surface area contributed by atoms with Gasteiger partial charge in [-0.25, -0.2) is 9.78 Å². The third-order valence-corrected chi connectivity index (χ3v) is 6.36. The maximum atomic E-state index is 12.9. The van der Waals surface area contributed by atoms with Gasteiger partial charge in [-0.05, 0) is 57.7 Å². The lowest BCUT2D eigenvalue weighted by molar-refractivity contribution is 0.00904. The normalized spacial score (nSPS) is 17.1. The highest BCUT2D eigenvalue weighted by Gasteiger charge is 2.33. The van der Waals surface area contributed by atoms with E-state index >= 15 is 0 Å². The molecule has 1 aliphatic heterocycles. The number of likely N-dealkylation sites (tertiary alicyclic amines) is 1. The molecule has 0 radical (unpaired) electrons. The van der Waals surface area contributed by atoms with E-state index in [-0.39, 0.29) is 17.0 Å². The summed E-state index contributed by atoms with van der Waals surface area (Å²) < 4.78 is 10.9. The third kappa shape index (κ3) is 4.10. The van der Waals surface area contributed by atoms with Gasteiger partial charge in [-0.1, -0.05) is 0 Å². The molecule has 3 aromatic rings. The van der Waals surface area contributed by atoms with Crippen molar-refractivity contribution in [2.45, 2.75) is 51.7 Å². The Balaban J connectivity index is 1.85. The molecule has 4 N–H and O–H groups in total. The predicted molar refractivity (Wildman–Crippen MR) is 120 cm³/mol. The second-order valence-corrected chi connectivity index (χ2v) is 9.68. The molecule has 0 aliphatic carbocycles. The number of fused-ring (bicyclic) bond motifs is 1. The summed E-state index contributed by atoms with van der Waals surface area (Å²) in [4.78, 5) is 32.2. The van der Waals surface area contributed by atoms with Crippen molar-refractivity contribution < 1.29 is 18.7 Å². The van der Waals surface area contributed by atoms with Crippen LogP contribution in [0, 0.1) is 0 Å². The number of anilines is 1. The van der Waals surface area contributed by atoms with E-state index in [1.54, 1.807) is 17.4 Å². The number of rotatable bonds is 3. The number of primary amides is 1. The highest BCUT2D eigenvalue weighted by Crippen LogP contribution is 2.42. The third-order valence-electron chi connectivity index (χ3n) is 5.25. The van der Waals surface area contributed by atoms with Crippen LogP contribution in [0.4, 0.5) is 10.5 Å². The highest BCUT2D eigenvalue weighted by molar-refractivity contribution is 7.21. The zero-order valence-electron chi connectivity index (χ0n) is 17.8. The van der Waals surface area contributed by atoms with Gasteiger partial charge in [-0.2, -0.15) is 0 Å². The van der Waals surface area contributed by atoms with Crippen molar-refractivity contribution in [3.05, 3.63) is 35.2 Å². The number of pyridine rings is 1. The molecule has 0 aromatic carbocycles. The van der Waals surface area contributed by atoms with E-state index in [1.165, 1.54) is 11.3 Å². The fourth-order valence-corrected chi connectivity index (χ4v) is 4.90. The van der Waals surface area contributed by atoms with Gasteiger partial charge in [0.25, 0.3) is 5.91 Å². The van der Waals surface area contributed by atoms with Gasteiger partial charge >= 0.3 is 6.09 Å². The Bertz CT molecular complexity index is 1130. The molecule has 1 fully saturated rings. The van der Waals surface area contributed by atoms with Crippen molar-refractivity contribution in [3.8, 4) is 11.1 Å². The van der Waals surface area contributed by atoms with Gasteiger partial charge in [0.2, 0.25) is 0 Å². The Morgan fingerprint density at radius 2 is 2.10 bits per heavy atom. The van der Waals surface area contributed by atoms with E-state index in [2.05, 4.69) is 0 Å². The molecular weight excluding hydrogens is 416 g/mol. The first kappa shape index (κ1) is 21.2. The van der Waals surface area contributed by atoms with Gasteiger partial charge in [-0.15, -0.1) is 11.3 Å². The van der Waals surface area contributed by atoms with E-state index in [0.717, 1.165) is 36.1 Å². The Morgan fingerprint density at radius 1 is 1.32 bits per heavy atom. The number of hydrogen-bond acceptors (Lipinski definition) is 7. The van der Waals surface area contributed by atoms with Gasteiger partial charge in [0.05, 0.1) is 29.9 Å². The number of thiophene rings is 1. The Labute approximate surface area is 184 Å². The topological polar surface area (TPSA) is 125 Å². The molecule has 1 aliphatic rings. The molecule has 9 heteroatoms. The van der Waals surface area contributed by atoms with Crippen molar-refractivity contribution in [2.24, 2.45) is 5.73 Å². The number of hydrogen-bond donors (Lipinski definition) is 2. The van der Waals surface area contributed by atoms with Crippen LogP contribution < -0.4 is 11.5 Å². The van der Waals surface area contributed by atoms with Crippen molar-refractivity contribution in [1.29, 1.82) is 0 Å². The van der Waals surface area contributed by atoms with E-state index in [0.29, 0.717) is 22.4 Å². The summed E-state index contributed by atoms with van der Waals surface area (Å²) in [7, 11) is 0. The standard InChI is InChI=1S/C22H26N4O4S/c1-22(2,3)30-21(28)26-8-5-4-6-15(26)14-10-13(12-7-9-29-11-12)16-17(23)18(19(24)27)31-20(16)25-14/h7,9-11,15H,4-6,8,23H2,1-3H3,(H2,24,27). The number of carbonyl (C=O) groups is 2. The number of furan rings is 1. The minimum Gasteiger partial charge on any atom is -0.472 e. The van der Waals surface area contributed by atoms with Crippen molar-refractivity contribution >= 4 is 39.2 Å². The van der Waals surface area contributed by atoms with E-state index < -0.39 is 11.5 Å². The summed E-state index contributed by atoms with van der Waals surface area (Å²) in [6.07, 6.45) is 5.49. The molecule has 0 spiro atoms. The van der Waals surface area contributed by atoms with Crippen LogP contribution in [0.25, 0.3) is 21.3 Å². The first-order valence-corrected chi connectivity index (χ1v) is 11.0. The Hall–Kier alpha value is -3.07. The van der Waals surface area contributed by atoms with Crippen LogP contribution >= 0.6 is 11.3 Å². The number of carbonyl (C=O) groups excluding carboxylic acids is 2. The Kier molecular flexibility index (Phi) is 5.38. The molecule has 1 saturated heterocycles. The first-order valence-electron chi connectivity index (χ1n) is 10.2. The second kappa shape index (κ2) is 7.88. The zero-order valence-corrected chi connectivity index (χ0v) is 18.6. The molecule has 8 nitrogen and oxygen atoms in total. The van der Waals surface area contributed by atoms with Crippen LogP contribution in [-0.4, -0.2) is 34.0 Å². The zero-order chi connectivity index (χ0) is 22.3. The maximum absolute atomic E-state index is 12.9. The van der Waals surface area contributed by atoms with Crippen molar-refractivity contribution in [1.82, 2.24) is 9.88 Å². The van der Waals surface area contributed by atoms with Gasteiger partial charge in [0.1, 0.15) is 15.3 Å². The van der Waals surface area contributed by atoms with E-state index in [1.807, 2.05) is 32.9 Å². The summed E-state index contributed by atoms with van der Waals surface area (Å²) >= 11 is 1.17. The molecule has 31 heavy (non-hydrogen) atoms. The highest BCUT2D eigenvalue weighted by atomic mass is 32.1. The average Bonchev–Trinajstić information content (AvgIpc) is 3.34. The van der Waals surface area contributed by atoms with Gasteiger partial charge in [-0.3, -0.25) is 9.69 Å². The summed E-state index contributed by atoms with van der Waals surface area (Å²) in [6, 6.07) is 3.51. The van der Waals surface area contributed by atoms with Gasteiger partial charge in [0, 0.05) is 17.5 Å². The van der Waals surface area contributed by atoms with E-state index in [4.69, 9.17) is 25.6 Å². The predicted octanol–water partition coefficient (Wildman–Crippen LogP) is 4.70. The van der Waals surface area contributed by atoms with Crippen LogP contribution in [0.1, 0.15) is 61.4 Å². The molecule has 1 unspecified atom stereocenters. The lowest BCUT2D eigenvalue weighted by atomic mass is 9.96. The summed E-state index contributed by atoms with van der Waals surface area (Å²) in [6.45, 7) is 6.15. The number of nitrogens with two attached hydrogens (primary N) is 2. The van der Waals surface area contributed by atoms with Crippen LogP contribution in [0.15, 0.2) is 29.1 Å². The van der Waals surface area contributed by atoms with Crippen LogP contribution in [0.2, 0.25) is 0 Å². The van der Waals surface area contributed by atoms with Crippen molar-refractivity contribution in [2.75, 3.05) is 12.3 Å². The molecular formula is C22H26N4O4S. The molecule has 3 aromatic heterocycles. The molecule has 4 heterocycles. The van der Waals surface area contributed by atoms with Crippen LogP contribution in [-0.2, 0) is 4.74 Å². The summed E-state index contributed by atoms with van der Waals surface area (Å²) in [5, 5.41) is 0.670. The van der Waals surface area contributed by atoms with Gasteiger partial charge in [0.15, 0.2) is 0 Å². The minimum absolute atomic E-state index is 0.237. The minimum atomic E-state index is -0.590. The summed E-state index contributed by atoms with van der Waals surface area (Å²) in [5.41, 5.74) is 13.9. The SMILES string of the molecule is CC(C)(C)OC(=O)N1CCCCC1c1cc(-c2ccoc2)c2c(N)c(C(N)=O)sc2n1. The largest absolute Gasteiger partial charge is 0.472 e. The van der Waals surface area contributed by atoms with Crippen LogP contribution in [0.5, 0.6) is 0 Å². The van der Waals surface area contributed by atoms with Crippen molar-refractivity contribution in [3.63, 3.8) is 0 Å². The number of aromatic nitrogens is 1. The van der Waals surface area contributed by atoms with E-state index in [9.17, 15) is 9.59 Å². The second-order valence-electron chi connectivity index (χ2n) is 8.68. The molecule has 4 rings (SSSR count). The fraction of sp³-hybridized carbons (Fsp3) is 0.409. The number of nitrogens with zero attached hydrogens (tertiary/aromatic N) is 2. The summed E-state index contributed by atoms with van der Waals surface area (Å²) in [5.74, 6) is -0.590. The van der Waals surface area contributed by atoms with Crippen LogP contribution in [0.3, 0.4) is 0 Å². The number of ether oxygens (including phenoxy) is 1. The molecule has 2 amide bonds. The Morgan fingerprint density at radius 3 is 2.74 bits per heavy atom.